The quantitative estimate of drug-likeness (QED) is 0.749. The summed E-state index contributed by atoms with van der Waals surface area (Å²) in [6.07, 6.45) is 6.77. The summed E-state index contributed by atoms with van der Waals surface area (Å²) < 4.78 is 0. The highest BCUT2D eigenvalue weighted by Gasteiger charge is 2.35. The summed E-state index contributed by atoms with van der Waals surface area (Å²) in [6, 6.07) is 8.10. The van der Waals surface area contributed by atoms with Crippen LogP contribution in [0.25, 0.3) is 10.9 Å². The Balaban J connectivity index is 1.71. The van der Waals surface area contributed by atoms with Gasteiger partial charge in [-0.05, 0) is 56.7 Å². The number of hydrogen-bond acceptors (Lipinski definition) is 2. The van der Waals surface area contributed by atoms with Gasteiger partial charge in [-0.3, -0.25) is 9.78 Å². The van der Waals surface area contributed by atoms with Crippen LogP contribution in [0.1, 0.15) is 34.5 Å². The molecule has 1 saturated heterocycles. The van der Waals surface area contributed by atoms with Gasteiger partial charge in [0, 0.05) is 24.2 Å². The minimum Gasteiger partial charge on any atom is -0.338 e. The fourth-order valence-electron chi connectivity index (χ4n) is 4.00. The number of rotatable bonds is 1. The third-order valence-corrected chi connectivity index (χ3v) is 5.23. The molecule has 0 unspecified atom stereocenters. The second-order valence-electron chi connectivity index (χ2n) is 7.00. The van der Waals surface area contributed by atoms with Gasteiger partial charge in [-0.15, -0.1) is 0 Å². The fourth-order valence-corrected chi connectivity index (χ4v) is 4.00. The number of hydrogen-bond donors (Lipinski definition) is 0. The zero-order valence-corrected chi connectivity index (χ0v) is 13.7. The van der Waals surface area contributed by atoms with E-state index in [1.54, 1.807) is 0 Å². The van der Waals surface area contributed by atoms with Gasteiger partial charge in [0.2, 0.25) is 0 Å². The molecule has 1 aliphatic heterocycles. The van der Waals surface area contributed by atoms with Gasteiger partial charge in [-0.1, -0.05) is 23.8 Å². The molecule has 1 amide bonds. The Morgan fingerprint density at radius 1 is 1.09 bits per heavy atom. The maximum atomic E-state index is 13.1. The smallest absolute Gasteiger partial charge is 0.254 e. The predicted octanol–water partition coefficient (Wildman–Crippen LogP) is 3.89. The average Bonchev–Trinajstić information content (AvgIpc) is 2.98. The van der Waals surface area contributed by atoms with Crippen LogP contribution in [0.15, 0.2) is 36.4 Å². The summed E-state index contributed by atoms with van der Waals surface area (Å²) in [5.74, 6) is 1.44. The number of nitrogens with zero attached hydrogens (tertiary/aromatic N) is 2. The summed E-state index contributed by atoms with van der Waals surface area (Å²) in [4.78, 5) is 19.8. The van der Waals surface area contributed by atoms with Crippen molar-refractivity contribution in [2.24, 2.45) is 11.8 Å². The van der Waals surface area contributed by atoms with E-state index in [2.05, 4.69) is 41.1 Å². The maximum Gasteiger partial charge on any atom is 0.254 e. The molecule has 3 nitrogen and oxygen atoms in total. The van der Waals surface area contributed by atoms with E-state index in [1.807, 2.05) is 19.1 Å². The minimum absolute atomic E-state index is 0.167. The van der Waals surface area contributed by atoms with E-state index in [-0.39, 0.29) is 5.91 Å². The Labute approximate surface area is 137 Å². The Kier molecular flexibility index (Phi) is 3.44. The van der Waals surface area contributed by atoms with E-state index in [0.717, 1.165) is 53.7 Å². The molecule has 1 aliphatic carbocycles. The van der Waals surface area contributed by atoms with Gasteiger partial charge in [-0.2, -0.15) is 0 Å². The minimum atomic E-state index is 0.167. The second kappa shape index (κ2) is 5.48. The normalized spacial score (nSPS) is 23.3. The molecular weight excluding hydrogens is 284 g/mol. The number of aromatic nitrogens is 1. The number of pyridine rings is 1. The number of benzene rings is 1. The molecule has 0 bridgehead atoms. The second-order valence-corrected chi connectivity index (χ2v) is 7.00. The highest BCUT2D eigenvalue weighted by molar-refractivity contribution is 6.06. The Bertz CT molecular complexity index is 793. The van der Waals surface area contributed by atoms with Crippen LogP contribution in [0.4, 0.5) is 0 Å². The molecule has 23 heavy (non-hydrogen) atoms. The molecule has 0 radical (unpaired) electrons. The first-order valence-electron chi connectivity index (χ1n) is 8.44. The van der Waals surface area contributed by atoms with Gasteiger partial charge in [-0.25, -0.2) is 0 Å². The highest BCUT2D eigenvalue weighted by atomic mass is 16.2. The molecule has 3 heteroatoms. The summed E-state index contributed by atoms with van der Waals surface area (Å²) >= 11 is 0. The van der Waals surface area contributed by atoms with Crippen LogP contribution in [0.2, 0.25) is 0 Å². The summed E-state index contributed by atoms with van der Waals surface area (Å²) in [5, 5.41) is 0.980. The molecule has 1 aromatic heterocycles. The van der Waals surface area contributed by atoms with E-state index < -0.39 is 0 Å². The first-order chi connectivity index (χ1) is 11.1. The van der Waals surface area contributed by atoms with Gasteiger partial charge in [0.15, 0.2) is 0 Å². The lowest BCUT2D eigenvalue weighted by molar-refractivity contribution is 0.0786. The number of amides is 1. The van der Waals surface area contributed by atoms with Crippen LogP contribution in [0.5, 0.6) is 0 Å². The number of carbonyl (C=O) groups is 1. The van der Waals surface area contributed by atoms with Crippen LogP contribution in [0, 0.1) is 25.7 Å². The van der Waals surface area contributed by atoms with E-state index in [9.17, 15) is 4.79 Å². The number of carbonyl (C=O) groups excluding carboxylic acids is 1. The molecular formula is C20H22N2O. The highest BCUT2D eigenvalue weighted by Crippen LogP contribution is 2.34. The van der Waals surface area contributed by atoms with Gasteiger partial charge in [0.1, 0.15) is 0 Å². The predicted molar refractivity (Wildman–Crippen MR) is 92.5 cm³/mol. The average molecular weight is 306 g/mol. The zero-order valence-electron chi connectivity index (χ0n) is 13.7. The van der Waals surface area contributed by atoms with E-state index in [0.29, 0.717) is 11.8 Å². The topological polar surface area (TPSA) is 33.2 Å². The first kappa shape index (κ1) is 14.4. The molecule has 1 fully saturated rings. The molecule has 1 aromatic carbocycles. The summed E-state index contributed by atoms with van der Waals surface area (Å²) in [6.45, 7) is 5.80. The molecule has 2 heterocycles. The monoisotopic (exact) mass is 306 g/mol. The van der Waals surface area contributed by atoms with Crippen molar-refractivity contribution in [3.05, 3.63) is 53.2 Å². The number of fused-ring (bicyclic) bond motifs is 2. The van der Waals surface area contributed by atoms with E-state index in [4.69, 9.17) is 0 Å². The lowest BCUT2D eigenvalue weighted by atomic mass is 9.86. The molecule has 0 spiro atoms. The van der Waals surface area contributed by atoms with Crippen molar-refractivity contribution in [3.8, 4) is 0 Å². The fraction of sp³-hybridized carbons (Fsp3) is 0.400. The van der Waals surface area contributed by atoms with Crippen LogP contribution in [0.3, 0.4) is 0 Å². The molecule has 118 valence electrons. The molecule has 2 aliphatic rings. The third-order valence-electron chi connectivity index (χ3n) is 5.23. The molecule has 2 atom stereocenters. The van der Waals surface area contributed by atoms with E-state index >= 15 is 0 Å². The number of likely N-dealkylation sites (tertiary alicyclic amines) is 1. The Hall–Kier alpha value is -2.16. The Morgan fingerprint density at radius 2 is 1.78 bits per heavy atom. The largest absolute Gasteiger partial charge is 0.338 e. The number of aryl methyl sites for hydroxylation is 2. The summed E-state index contributed by atoms with van der Waals surface area (Å²) in [7, 11) is 0. The van der Waals surface area contributed by atoms with Gasteiger partial charge < -0.3 is 4.90 Å². The first-order valence-corrected chi connectivity index (χ1v) is 8.44. The van der Waals surface area contributed by atoms with Crippen molar-refractivity contribution in [1.29, 1.82) is 0 Å². The van der Waals surface area contributed by atoms with Crippen molar-refractivity contribution in [2.75, 3.05) is 13.1 Å². The molecule has 2 aromatic rings. The van der Waals surface area contributed by atoms with Crippen molar-refractivity contribution in [3.63, 3.8) is 0 Å². The molecule has 4 rings (SSSR count). The van der Waals surface area contributed by atoms with Crippen molar-refractivity contribution in [2.45, 2.75) is 26.7 Å². The van der Waals surface area contributed by atoms with Crippen LogP contribution < -0.4 is 0 Å². The third kappa shape index (κ3) is 2.54. The van der Waals surface area contributed by atoms with Crippen molar-refractivity contribution >= 4 is 16.8 Å². The lowest BCUT2D eigenvalue weighted by Crippen LogP contribution is -2.29. The van der Waals surface area contributed by atoms with Crippen LogP contribution >= 0.6 is 0 Å². The Morgan fingerprint density at radius 3 is 2.48 bits per heavy atom. The molecule has 0 saturated carbocycles. The van der Waals surface area contributed by atoms with Crippen molar-refractivity contribution < 1.29 is 4.79 Å². The van der Waals surface area contributed by atoms with Gasteiger partial charge >= 0.3 is 0 Å². The van der Waals surface area contributed by atoms with Crippen LogP contribution in [-0.2, 0) is 0 Å². The SMILES string of the molecule is Cc1ccc2nc(C)cc(C(=O)N3C[C@H]4CC=CC[C@H]4C3)c2c1. The van der Waals surface area contributed by atoms with Crippen molar-refractivity contribution in [1.82, 2.24) is 9.88 Å². The maximum absolute atomic E-state index is 13.1. The summed E-state index contributed by atoms with van der Waals surface area (Å²) in [5.41, 5.74) is 3.79. The standard InChI is InChI=1S/C20H22N2O/c1-13-7-8-19-17(9-13)18(10-14(2)21-19)20(23)22-11-15-5-3-4-6-16(15)12-22/h3-4,7-10,15-16H,5-6,11-12H2,1-2H3/t15-,16+. The van der Waals surface area contributed by atoms with Gasteiger partial charge in [0.25, 0.3) is 5.91 Å². The molecule has 0 N–H and O–H groups in total. The zero-order chi connectivity index (χ0) is 16.0. The van der Waals surface area contributed by atoms with E-state index in [1.165, 1.54) is 0 Å². The lowest BCUT2D eigenvalue weighted by Gasteiger charge is -2.18. The van der Waals surface area contributed by atoms with Crippen LogP contribution in [-0.4, -0.2) is 28.9 Å². The number of allylic oxidation sites excluding steroid dienone is 2. The van der Waals surface area contributed by atoms with Gasteiger partial charge in [0.05, 0.1) is 11.1 Å².